The van der Waals surface area contributed by atoms with Gasteiger partial charge in [-0.15, -0.1) is 0 Å². The predicted molar refractivity (Wildman–Crippen MR) is 161 cm³/mol. The van der Waals surface area contributed by atoms with E-state index >= 15 is 0 Å². The second kappa shape index (κ2) is 12.3. The van der Waals surface area contributed by atoms with Gasteiger partial charge in [-0.25, -0.2) is 0 Å². The van der Waals surface area contributed by atoms with E-state index in [-0.39, 0.29) is 18.5 Å². The molecular weight excluding hydrogens is 607 g/mol. The summed E-state index contributed by atoms with van der Waals surface area (Å²) in [5.41, 5.74) is -1.23. The van der Waals surface area contributed by atoms with Crippen LogP contribution in [0.3, 0.4) is 0 Å². The molecule has 0 radical (unpaired) electrons. The minimum Gasteiger partial charge on any atom is -0.510 e. The Labute approximate surface area is 265 Å². The minimum absolute atomic E-state index is 0.0936. The number of ketones is 2. The average Bonchev–Trinajstić information content (AvgIpc) is 3.22. The smallest absolute Gasteiger partial charge is 0.417 e. The van der Waals surface area contributed by atoms with Gasteiger partial charge in [0.25, 0.3) is 5.91 Å². The normalized spacial score (nSPS) is 27.5. The Morgan fingerprint density at radius 1 is 1.09 bits per heavy atom. The van der Waals surface area contributed by atoms with Crippen LogP contribution < -0.4 is 5.73 Å². The summed E-state index contributed by atoms with van der Waals surface area (Å²) >= 11 is 0. The zero-order chi connectivity index (χ0) is 33.9. The summed E-state index contributed by atoms with van der Waals surface area (Å²) in [7, 11) is 2.96. The zero-order valence-electron chi connectivity index (χ0n) is 26.3. The van der Waals surface area contributed by atoms with Crippen LogP contribution in [0, 0.1) is 17.8 Å². The topological polar surface area (TPSA) is 165 Å². The lowest BCUT2D eigenvalue weighted by molar-refractivity contribution is -0.148. The number of aromatic hydroxyl groups is 1. The van der Waals surface area contributed by atoms with Crippen LogP contribution in [0.25, 0.3) is 0 Å². The highest BCUT2D eigenvalue weighted by Crippen LogP contribution is 2.54. The number of nitrogens with zero attached hydrogens (tertiary/aromatic N) is 2. The highest BCUT2D eigenvalue weighted by molar-refractivity contribution is 6.24. The first-order valence-corrected chi connectivity index (χ1v) is 15.9. The van der Waals surface area contributed by atoms with Gasteiger partial charge in [-0.3, -0.25) is 24.2 Å². The van der Waals surface area contributed by atoms with Crippen molar-refractivity contribution in [1.29, 1.82) is 0 Å². The number of nitrogens with two attached hydrogens (primary N) is 1. The fourth-order valence-corrected chi connectivity index (χ4v) is 8.33. The molecular formula is C33H42F3N3O7. The number of hydrogen-bond donors (Lipinski definition) is 5. The van der Waals surface area contributed by atoms with Gasteiger partial charge in [-0.05, 0) is 75.4 Å². The molecule has 0 bridgehead atoms. The van der Waals surface area contributed by atoms with Gasteiger partial charge in [0.1, 0.15) is 22.8 Å². The van der Waals surface area contributed by atoms with Gasteiger partial charge >= 0.3 is 6.18 Å². The van der Waals surface area contributed by atoms with E-state index in [1.165, 1.54) is 19.0 Å². The number of benzene rings is 1. The van der Waals surface area contributed by atoms with Gasteiger partial charge in [-0.1, -0.05) is 32.6 Å². The van der Waals surface area contributed by atoms with Crippen molar-refractivity contribution >= 4 is 17.5 Å². The number of fused-ring (bicyclic) bond motifs is 3. The Morgan fingerprint density at radius 2 is 1.72 bits per heavy atom. The van der Waals surface area contributed by atoms with Crippen molar-refractivity contribution < 1.29 is 48.0 Å². The Kier molecular flexibility index (Phi) is 9.08. The van der Waals surface area contributed by atoms with Gasteiger partial charge in [0, 0.05) is 24.6 Å². The summed E-state index contributed by atoms with van der Waals surface area (Å²) in [6.07, 6.45) is 0.833. The van der Waals surface area contributed by atoms with Gasteiger partial charge in [0.2, 0.25) is 5.78 Å². The highest BCUT2D eigenvalue weighted by Gasteiger charge is 2.63. The van der Waals surface area contributed by atoms with Gasteiger partial charge in [0.05, 0.1) is 17.2 Å². The van der Waals surface area contributed by atoms with Crippen LogP contribution in [-0.4, -0.2) is 86.5 Å². The second-order valence-corrected chi connectivity index (χ2v) is 13.4. The molecule has 0 heterocycles. The molecule has 252 valence electrons. The maximum absolute atomic E-state index is 14.9. The number of phenolic OH excluding ortho intramolecular Hbond substituents is 1. The maximum atomic E-state index is 14.9. The molecule has 1 amide bonds. The molecule has 1 saturated carbocycles. The summed E-state index contributed by atoms with van der Waals surface area (Å²) < 4.78 is 44.8. The summed E-state index contributed by atoms with van der Waals surface area (Å²) in [6.45, 7) is 2.87. The lowest BCUT2D eigenvalue weighted by Crippen LogP contribution is -2.63. The standard InChI is InChI=1S/C33H42F3N3O7/c1-4-39(14-16-9-7-5-6-8-10-16)15-18-13-21(40)23-19(25(18)33(34,35)36)11-17-12-20-26(38(2)3)28(42)24(31(37)45)30(44)32(20,46)29(43)22(17)27(23)41/h13,16-17,20,26,40,42-43,46H,4-12,14-15H2,1-3H3,(H2,37,45)/t17-,20-,26-,32-/m0/s1. The first-order valence-electron chi connectivity index (χ1n) is 15.9. The van der Waals surface area contributed by atoms with Crippen molar-refractivity contribution in [2.24, 2.45) is 23.5 Å². The molecule has 5 rings (SSSR count). The number of likely N-dealkylation sites (N-methyl/N-ethyl adjacent to an activating group) is 1. The molecule has 0 aliphatic heterocycles. The van der Waals surface area contributed by atoms with E-state index in [0.29, 0.717) is 19.0 Å². The molecule has 4 aliphatic rings. The maximum Gasteiger partial charge on any atom is 0.417 e. The van der Waals surface area contributed by atoms with Crippen molar-refractivity contribution in [3.05, 3.63) is 51.0 Å². The lowest BCUT2D eigenvalue weighted by Gasteiger charge is -2.50. The first kappa shape index (κ1) is 33.9. The fourth-order valence-electron chi connectivity index (χ4n) is 8.33. The molecule has 46 heavy (non-hydrogen) atoms. The fraction of sp³-hybridized carbons (Fsp3) is 0.606. The van der Waals surface area contributed by atoms with Crippen LogP contribution in [0.4, 0.5) is 13.2 Å². The number of phenols is 1. The SMILES string of the molecule is CCN(Cc1cc(O)c2c(c1C(F)(F)F)C[C@H]1C[C@H]3[C@H](N(C)C)C(O)=C(C(N)=O)C(=O)[C@@]3(O)C(O)=C1C2=O)CC1CCCCCC1. The number of allylic oxidation sites excluding steroid dienone is 1. The van der Waals surface area contributed by atoms with Crippen molar-refractivity contribution in [2.45, 2.75) is 82.7 Å². The molecule has 0 spiro atoms. The monoisotopic (exact) mass is 649 g/mol. The quantitative estimate of drug-likeness (QED) is 0.217. The Hall–Kier alpha value is -3.42. The third-order valence-corrected chi connectivity index (χ3v) is 10.4. The van der Waals surface area contributed by atoms with Crippen molar-refractivity contribution in [2.75, 3.05) is 27.2 Å². The van der Waals surface area contributed by atoms with Crippen LogP contribution >= 0.6 is 0 Å². The third kappa shape index (κ3) is 5.49. The van der Waals surface area contributed by atoms with Crippen LogP contribution in [0.5, 0.6) is 5.75 Å². The molecule has 10 nitrogen and oxygen atoms in total. The number of aliphatic hydroxyl groups is 3. The van der Waals surface area contributed by atoms with Crippen LogP contribution in [0.1, 0.15) is 78.9 Å². The molecule has 13 heteroatoms. The molecule has 1 fully saturated rings. The number of hydrogen-bond acceptors (Lipinski definition) is 9. The second-order valence-electron chi connectivity index (χ2n) is 13.4. The number of rotatable bonds is 7. The average molecular weight is 650 g/mol. The molecule has 1 aromatic carbocycles. The molecule has 0 unspecified atom stereocenters. The van der Waals surface area contributed by atoms with E-state index in [2.05, 4.69) is 0 Å². The number of primary amides is 1. The van der Waals surface area contributed by atoms with E-state index in [1.54, 1.807) is 0 Å². The van der Waals surface area contributed by atoms with Crippen LogP contribution in [0.15, 0.2) is 28.7 Å². The molecule has 4 aliphatic carbocycles. The van der Waals surface area contributed by atoms with E-state index in [1.807, 2.05) is 11.8 Å². The number of carbonyl (C=O) groups is 3. The summed E-state index contributed by atoms with van der Waals surface area (Å²) in [4.78, 5) is 42.8. The van der Waals surface area contributed by atoms with E-state index < -0.39 is 98.7 Å². The number of aliphatic hydroxyl groups excluding tert-OH is 2. The lowest BCUT2D eigenvalue weighted by atomic mass is 9.58. The Balaban J connectivity index is 1.61. The molecule has 1 aromatic rings. The predicted octanol–water partition coefficient (Wildman–Crippen LogP) is 3.93. The number of alkyl halides is 3. The van der Waals surface area contributed by atoms with Crippen LogP contribution in [0.2, 0.25) is 0 Å². The summed E-state index contributed by atoms with van der Waals surface area (Å²) in [5.74, 6) is -8.57. The minimum atomic E-state index is -4.89. The van der Waals surface area contributed by atoms with Gasteiger partial charge < -0.3 is 26.2 Å². The van der Waals surface area contributed by atoms with E-state index in [0.717, 1.165) is 44.6 Å². The first-order chi connectivity index (χ1) is 21.5. The summed E-state index contributed by atoms with van der Waals surface area (Å²) in [5, 5.41) is 45.1. The number of halogens is 3. The van der Waals surface area contributed by atoms with E-state index in [9.17, 15) is 48.0 Å². The highest BCUT2D eigenvalue weighted by atomic mass is 19.4. The zero-order valence-corrected chi connectivity index (χ0v) is 26.3. The molecule has 0 aromatic heterocycles. The molecule has 4 atom stereocenters. The Bertz CT molecular complexity index is 1510. The summed E-state index contributed by atoms with van der Waals surface area (Å²) in [6, 6.07) is -0.290. The van der Waals surface area contributed by atoms with Crippen molar-refractivity contribution in [3.63, 3.8) is 0 Å². The van der Waals surface area contributed by atoms with E-state index in [4.69, 9.17) is 5.73 Å². The number of amides is 1. The van der Waals surface area contributed by atoms with Crippen molar-refractivity contribution in [3.8, 4) is 5.75 Å². The number of carbonyl (C=O) groups excluding carboxylic acids is 3. The van der Waals surface area contributed by atoms with Gasteiger partial charge in [-0.2, -0.15) is 13.2 Å². The molecule has 6 N–H and O–H groups in total. The molecule has 0 saturated heterocycles. The largest absolute Gasteiger partial charge is 0.510 e. The van der Waals surface area contributed by atoms with Gasteiger partial charge in [0.15, 0.2) is 11.4 Å². The number of Topliss-reactive ketones (excluding diaryl/α,β-unsaturated/α-hetero) is 2. The van der Waals surface area contributed by atoms with Crippen LogP contribution in [-0.2, 0) is 28.7 Å². The third-order valence-electron chi connectivity index (χ3n) is 10.4. The Morgan fingerprint density at radius 3 is 2.26 bits per heavy atom. The van der Waals surface area contributed by atoms with Crippen molar-refractivity contribution in [1.82, 2.24) is 9.80 Å².